The third-order valence-electron chi connectivity index (χ3n) is 3.59. The van der Waals surface area contributed by atoms with Gasteiger partial charge in [-0.25, -0.2) is 0 Å². The largest absolute Gasteiger partial charge is 0.314 e. The Morgan fingerprint density at radius 3 is 2.67 bits per heavy atom. The van der Waals surface area contributed by atoms with Crippen LogP contribution in [0.4, 0.5) is 5.69 Å². The van der Waals surface area contributed by atoms with Crippen LogP contribution in [0.2, 0.25) is 0 Å². The fourth-order valence-electron chi connectivity index (χ4n) is 2.35. The van der Waals surface area contributed by atoms with Crippen LogP contribution in [0.1, 0.15) is 31.4 Å². The average molecular weight is 242 g/mol. The van der Waals surface area contributed by atoms with E-state index in [9.17, 15) is 4.79 Å². The van der Waals surface area contributed by atoms with E-state index in [4.69, 9.17) is 5.26 Å². The summed E-state index contributed by atoms with van der Waals surface area (Å²) in [5.41, 5.74) is 2.62. The Morgan fingerprint density at radius 2 is 2.00 bits per heavy atom. The van der Waals surface area contributed by atoms with E-state index in [1.807, 2.05) is 6.07 Å². The minimum absolute atomic E-state index is 0.164. The van der Waals surface area contributed by atoms with Crippen LogP contribution in [-0.2, 0) is 17.6 Å². The number of carbonyl (C=O) groups is 1. The van der Waals surface area contributed by atoms with Gasteiger partial charge in [-0.05, 0) is 56.4 Å². The van der Waals surface area contributed by atoms with Gasteiger partial charge in [0.25, 0.3) is 0 Å². The van der Waals surface area contributed by atoms with E-state index in [-0.39, 0.29) is 5.91 Å². The van der Waals surface area contributed by atoms with Crippen LogP contribution in [-0.4, -0.2) is 13.0 Å². The minimum atomic E-state index is -0.978. The van der Waals surface area contributed by atoms with E-state index in [0.29, 0.717) is 0 Å². The lowest BCUT2D eigenvalue weighted by Gasteiger charge is -2.24. The van der Waals surface area contributed by atoms with Gasteiger partial charge in [0.15, 0.2) is 0 Å². The van der Waals surface area contributed by atoms with Crippen molar-refractivity contribution in [3.63, 3.8) is 0 Å². The van der Waals surface area contributed by atoms with Gasteiger partial charge in [-0.1, -0.05) is 6.07 Å². The number of aryl methyl sites for hydroxylation is 2. The van der Waals surface area contributed by atoms with Crippen molar-refractivity contribution in [2.75, 3.05) is 11.9 Å². The summed E-state index contributed by atoms with van der Waals surface area (Å²) >= 11 is 0. The average Bonchev–Trinajstić information content (AvgIpc) is 2.84. The van der Waals surface area contributed by atoms with Gasteiger partial charge in [0.1, 0.15) is 5.41 Å². The molecule has 0 aliphatic heterocycles. The van der Waals surface area contributed by atoms with Crippen LogP contribution < -0.4 is 4.90 Å². The Balaban J connectivity index is 2.27. The summed E-state index contributed by atoms with van der Waals surface area (Å²) in [7, 11) is 1.73. The second-order valence-corrected chi connectivity index (χ2v) is 5.41. The summed E-state index contributed by atoms with van der Waals surface area (Å²) in [6.45, 7) is 3.30. The van der Waals surface area contributed by atoms with Crippen molar-refractivity contribution >= 4 is 11.6 Å². The molecule has 0 unspecified atom stereocenters. The van der Waals surface area contributed by atoms with E-state index in [1.54, 1.807) is 25.8 Å². The molecule has 0 bridgehead atoms. The third-order valence-corrected chi connectivity index (χ3v) is 3.59. The Bertz CT molecular complexity index is 526. The molecular weight excluding hydrogens is 224 g/mol. The lowest BCUT2D eigenvalue weighted by molar-refractivity contribution is -0.123. The maximum atomic E-state index is 12.2. The van der Waals surface area contributed by atoms with Crippen LogP contribution in [0.3, 0.4) is 0 Å². The molecule has 1 aromatic carbocycles. The molecule has 0 spiro atoms. The van der Waals surface area contributed by atoms with Crippen molar-refractivity contribution in [1.29, 1.82) is 5.26 Å². The predicted molar refractivity (Wildman–Crippen MR) is 71.3 cm³/mol. The maximum Gasteiger partial charge on any atom is 0.246 e. The van der Waals surface area contributed by atoms with Gasteiger partial charge >= 0.3 is 0 Å². The van der Waals surface area contributed by atoms with Crippen LogP contribution >= 0.6 is 0 Å². The van der Waals surface area contributed by atoms with Crippen molar-refractivity contribution in [3.8, 4) is 6.07 Å². The fourth-order valence-corrected chi connectivity index (χ4v) is 2.35. The monoisotopic (exact) mass is 242 g/mol. The molecule has 1 aliphatic rings. The van der Waals surface area contributed by atoms with Crippen molar-refractivity contribution in [1.82, 2.24) is 0 Å². The summed E-state index contributed by atoms with van der Waals surface area (Å²) in [6, 6.07) is 8.20. The molecular formula is C15H18N2O. The van der Waals surface area contributed by atoms with Crippen molar-refractivity contribution in [3.05, 3.63) is 29.3 Å². The number of amides is 1. The highest BCUT2D eigenvalue weighted by Crippen LogP contribution is 2.28. The van der Waals surface area contributed by atoms with Crippen LogP contribution in [0.5, 0.6) is 0 Å². The number of rotatable bonds is 2. The first-order valence-corrected chi connectivity index (χ1v) is 6.27. The van der Waals surface area contributed by atoms with Gasteiger partial charge in [0.2, 0.25) is 5.91 Å². The van der Waals surface area contributed by atoms with E-state index in [2.05, 4.69) is 18.2 Å². The molecule has 18 heavy (non-hydrogen) atoms. The van der Waals surface area contributed by atoms with Gasteiger partial charge < -0.3 is 4.90 Å². The van der Waals surface area contributed by atoms with E-state index in [1.165, 1.54) is 17.5 Å². The molecule has 0 saturated heterocycles. The molecule has 1 aromatic rings. The van der Waals surface area contributed by atoms with Crippen LogP contribution in [0, 0.1) is 16.7 Å². The molecule has 0 N–H and O–H groups in total. The Labute approximate surface area is 108 Å². The number of benzene rings is 1. The highest BCUT2D eigenvalue weighted by atomic mass is 16.2. The number of anilines is 1. The number of nitriles is 1. The first-order valence-electron chi connectivity index (χ1n) is 6.27. The first kappa shape index (κ1) is 12.6. The van der Waals surface area contributed by atoms with Gasteiger partial charge in [0, 0.05) is 12.7 Å². The molecule has 0 atom stereocenters. The lowest BCUT2D eigenvalue weighted by atomic mass is 9.93. The molecule has 1 aliphatic carbocycles. The molecule has 0 aromatic heterocycles. The van der Waals surface area contributed by atoms with Gasteiger partial charge in [-0.15, -0.1) is 0 Å². The molecule has 2 rings (SSSR count). The van der Waals surface area contributed by atoms with E-state index >= 15 is 0 Å². The number of nitrogens with zero attached hydrogens (tertiary/aromatic N) is 2. The highest BCUT2D eigenvalue weighted by Gasteiger charge is 2.31. The summed E-state index contributed by atoms with van der Waals surface area (Å²) < 4.78 is 0. The Morgan fingerprint density at radius 1 is 1.33 bits per heavy atom. The Kier molecular flexibility index (Phi) is 3.13. The van der Waals surface area contributed by atoms with Crippen molar-refractivity contribution in [2.45, 2.75) is 33.1 Å². The lowest BCUT2D eigenvalue weighted by Crippen LogP contribution is -2.37. The quantitative estimate of drug-likeness (QED) is 0.800. The summed E-state index contributed by atoms with van der Waals surface area (Å²) in [6.07, 6.45) is 3.42. The minimum Gasteiger partial charge on any atom is -0.314 e. The van der Waals surface area contributed by atoms with Gasteiger partial charge in [0.05, 0.1) is 6.07 Å². The number of carbonyl (C=O) groups excluding carboxylic acids is 1. The predicted octanol–water partition coefficient (Wildman–Crippen LogP) is 2.69. The van der Waals surface area contributed by atoms with Crippen molar-refractivity contribution < 1.29 is 4.79 Å². The molecule has 0 saturated carbocycles. The second-order valence-electron chi connectivity index (χ2n) is 5.41. The van der Waals surface area contributed by atoms with Crippen LogP contribution in [0.15, 0.2) is 18.2 Å². The van der Waals surface area contributed by atoms with Crippen molar-refractivity contribution in [2.24, 2.45) is 5.41 Å². The zero-order valence-corrected chi connectivity index (χ0v) is 11.2. The zero-order chi connectivity index (χ0) is 13.3. The van der Waals surface area contributed by atoms with Gasteiger partial charge in [-0.3, -0.25) is 4.79 Å². The molecule has 1 amide bonds. The third kappa shape index (κ3) is 2.11. The number of fused-ring (bicyclic) bond motifs is 1. The summed E-state index contributed by atoms with van der Waals surface area (Å²) in [4.78, 5) is 13.8. The summed E-state index contributed by atoms with van der Waals surface area (Å²) in [5, 5.41) is 9.02. The topological polar surface area (TPSA) is 44.1 Å². The molecule has 0 radical (unpaired) electrons. The Hall–Kier alpha value is -1.82. The van der Waals surface area contributed by atoms with E-state index < -0.39 is 5.41 Å². The standard InChI is InChI=1S/C15H18N2O/c1-15(2,10-16)14(18)17(3)13-8-7-11-5-4-6-12(11)9-13/h7-9H,4-6H2,1-3H3. The second kappa shape index (κ2) is 4.45. The highest BCUT2D eigenvalue weighted by molar-refractivity contribution is 5.98. The smallest absolute Gasteiger partial charge is 0.246 e. The van der Waals surface area contributed by atoms with Gasteiger partial charge in [-0.2, -0.15) is 5.26 Å². The maximum absolute atomic E-state index is 12.2. The first-order chi connectivity index (χ1) is 8.45. The zero-order valence-electron chi connectivity index (χ0n) is 11.2. The molecule has 0 heterocycles. The summed E-state index contributed by atoms with van der Waals surface area (Å²) in [5.74, 6) is -0.164. The normalized spacial score (nSPS) is 13.9. The number of hydrogen-bond acceptors (Lipinski definition) is 2. The van der Waals surface area contributed by atoms with Crippen LogP contribution in [0.25, 0.3) is 0 Å². The molecule has 0 fully saturated rings. The molecule has 3 heteroatoms. The van der Waals surface area contributed by atoms with E-state index in [0.717, 1.165) is 18.5 Å². The number of hydrogen-bond donors (Lipinski definition) is 0. The molecule has 3 nitrogen and oxygen atoms in total. The fraction of sp³-hybridized carbons (Fsp3) is 0.467. The molecule has 94 valence electrons. The SMILES string of the molecule is CN(C(=O)C(C)(C)C#N)c1ccc2c(c1)CCC2.